The van der Waals surface area contributed by atoms with Gasteiger partial charge in [-0.2, -0.15) is 0 Å². The second-order valence-corrected chi connectivity index (χ2v) is 3.24. The van der Waals surface area contributed by atoms with Gasteiger partial charge < -0.3 is 19.9 Å². The quantitative estimate of drug-likeness (QED) is 0.775. The van der Waals surface area contributed by atoms with Crippen LogP contribution in [0, 0.1) is 0 Å². The van der Waals surface area contributed by atoms with Crippen LogP contribution in [-0.4, -0.2) is 13.9 Å². The van der Waals surface area contributed by atoms with Crippen LogP contribution in [0.2, 0.25) is 0 Å². The molecule has 0 radical (unpaired) electrons. The number of benzene rings is 1. The van der Waals surface area contributed by atoms with Gasteiger partial charge in [0.05, 0.1) is 7.11 Å². The Bertz CT molecular complexity index is 349. The Morgan fingerprint density at radius 2 is 2.00 bits per heavy atom. The van der Waals surface area contributed by atoms with Crippen molar-refractivity contribution in [1.29, 1.82) is 0 Å². The van der Waals surface area contributed by atoms with Crippen molar-refractivity contribution in [3.05, 3.63) is 17.7 Å². The molecule has 1 aromatic carbocycles. The summed E-state index contributed by atoms with van der Waals surface area (Å²) in [5.74, 6) is 2.19. The van der Waals surface area contributed by atoms with Gasteiger partial charge in [-0.25, -0.2) is 0 Å². The van der Waals surface area contributed by atoms with E-state index in [1.807, 2.05) is 13.0 Å². The van der Waals surface area contributed by atoms with Crippen LogP contribution in [0.15, 0.2) is 12.1 Å². The average molecular weight is 195 g/mol. The summed E-state index contributed by atoms with van der Waals surface area (Å²) in [6.45, 7) is 2.17. The van der Waals surface area contributed by atoms with Gasteiger partial charge in [0.15, 0.2) is 11.5 Å². The molecule has 14 heavy (non-hydrogen) atoms. The lowest BCUT2D eigenvalue weighted by Crippen LogP contribution is -2.06. The van der Waals surface area contributed by atoms with E-state index in [2.05, 4.69) is 0 Å². The van der Waals surface area contributed by atoms with Gasteiger partial charge in [0.1, 0.15) is 5.75 Å². The molecule has 2 rings (SSSR count). The van der Waals surface area contributed by atoms with Crippen molar-refractivity contribution in [3.63, 3.8) is 0 Å². The molecule has 0 aromatic heterocycles. The van der Waals surface area contributed by atoms with Crippen molar-refractivity contribution in [1.82, 2.24) is 0 Å². The summed E-state index contributed by atoms with van der Waals surface area (Å²) in [6, 6.07) is 3.59. The highest BCUT2D eigenvalue weighted by Crippen LogP contribution is 2.39. The third-order valence-electron chi connectivity index (χ3n) is 2.22. The van der Waals surface area contributed by atoms with Gasteiger partial charge in [0.2, 0.25) is 6.79 Å². The summed E-state index contributed by atoms with van der Waals surface area (Å²) in [6.07, 6.45) is 0. The molecule has 1 unspecified atom stereocenters. The van der Waals surface area contributed by atoms with Gasteiger partial charge in [0.25, 0.3) is 0 Å². The number of hydrogen-bond donors (Lipinski definition) is 1. The molecule has 1 heterocycles. The highest BCUT2D eigenvalue weighted by atomic mass is 16.7. The first-order valence-electron chi connectivity index (χ1n) is 4.45. The lowest BCUT2D eigenvalue weighted by atomic mass is 10.1. The van der Waals surface area contributed by atoms with Crippen LogP contribution < -0.4 is 19.9 Å². The van der Waals surface area contributed by atoms with Crippen LogP contribution in [0.5, 0.6) is 17.2 Å². The van der Waals surface area contributed by atoms with E-state index in [1.165, 1.54) is 0 Å². The van der Waals surface area contributed by atoms with Crippen molar-refractivity contribution >= 4 is 0 Å². The Kier molecular flexibility index (Phi) is 2.21. The molecule has 4 heteroatoms. The van der Waals surface area contributed by atoms with Crippen molar-refractivity contribution in [2.45, 2.75) is 13.0 Å². The molecule has 1 atom stereocenters. The third-order valence-corrected chi connectivity index (χ3v) is 2.22. The summed E-state index contributed by atoms with van der Waals surface area (Å²) in [7, 11) is 1.61. The van der Waals surface area contributed by atoms with E-state index in [0.29, 0.717) is 5.75 Å². The van der Waals surface area contributed by atoms with E-state index in [9.17, 15) is 0 Å². The zero-order chi connectivity index (χ0) is 10.1. The van der Waals surface area contributed by atoms with E-state index in [0.717, 1.165) is 17.1 Å². The highest BCUT2D eigenvalue weighted by Gasteiger charge is 2.19. The van der Waals surface area contributed by atoms with E-state index >= 15 is 0 Å². The SMILES string of the molecule is COc1cc2c(cc1C(C)N)OCO2. The van der Waals surface area contributed by atoms with Crippen molar-refractivity contribution < 1.29 is 14.2 Å². The van der Waals surface area contributed by atoms with Crippen LogP contribution in [0.3, 0.4) is 0 Å². The summed E-state index contributed by atoms with van der Waals surface area (Å²) in [5.41, 5.74) is 6.74. The molecule has 0 saturated carbocycles. The van der Waals surface area contributed by atoms with Crippen molar-refractivity contribution in [2.24, 2.45) is 5.73 Å². The predicted molar refractivity (Wildman–Crippen MR) is 51.7 cm³/mol. The first-order valence-corrected chi connectivity index (χ1v) is 4.45. The third kappa shape index (κ3) is 1.37. The fourth-order valence-electron chi connectivity index (χ4n) is 1.47. The molecule has 0 amide bonds. The molecule has 1 aliphatic heterocycles. The van der Waals surface area contributed by atoms with Crippen molar-refractivity contribution in [3.8, 4) is 17.2 Å². The minimum atomic E-state index is -0.0838. The fraction of sp³-hybridized carbons (Fsp3) is 0.400. The van der Waals surface area contributed by atoms with Gasteiger partial charge in [-0.1, -0.05) is 0 Å². The topological polar surface area (TPSA) is 53.7 Å². The van der Waals surface area contributed by atoms with Crippen LogP contribution in [0.25, 0.3) is 0 Å². The number of fused-ring (bicyclic) bond motifs is 1. The van der Waals surface area contributed by atoms with E-state index in [4.69, 9.17) is 19.9 Å². The van der Waals surface area contributed by atoms with Gasteiger partial charge in [0, 0.05) is 17.7 Å². The first-order chi connectivity index (χ1) is 6.72. The zero-order valence-corrected chi connectivity index (χ0v) is 8.24. The Labute approximate surface area is 82.6 Å². The number of methoxy groups -OCH3 is 1. The van der Waals surface area contributed by atoms with Gasteiger partial charge >= 0.3 is 0 Å². The van der Waals surface area contributed by atoms with Crippen molar-refractivity contribution in [2.75, 3.05) is 13.9 Å². The maximum absolute atomic E-state index is 5.81. The normalized spacial score (nSPS) is 15.4. The van der Waals surface area contributed by atoms with Gasteiger partial charge in [-0.05, 0) is 13.0 Å². The monoisotopic (exact) mass is 195 g/mol. The standard InChI is InChI=1S/C10H13NO3/c1-6(11)7-3-9-10(14-5-13-9)4-8(7)12-2/h3-4,6H,5,11H2,1-2H3. The van der Waals surface area contributed by atoms with E-state index < -0.39 is 0 Å². The van der Waals surface area contributed by atoms with Gasteiger partial charge in [-0.15, -0.1) is 0 Å². The fourth-order valence-corrected chi connectivity index (χ4v) is 1.47. The van der Waals surface area contributed by atoms with E-state index in [-0.39, 0.29) is 12.8 Å². The smallest absolute Gasteiger partial charge is 0.231 e. The van der Waals surface area contributed by atoms with Crippen LogP contribution in [0.4, 0.5) is 0 Å². The van der Waals surface area contributed by atoms with Gasteiger partial charge in [-0.3, -0.25) is 0 Å². The Hall–Kier alpha value is -1.42. The number of ether oxygens (including phenoxy) is 3. The summed E-state index contributed by atoms with van der Waals surface area (Å²) in [5, 5.41) is 0. The molecule has 0 spiro atoms. The van der Waals surface area contributed by atoms with E-state index in [1.54, 1.807) is 13.2 Å². The van der Waals surface area contributed by atoms with Crippen LogP contribution in [0.1, 0.15) is 18.5 Å². The molecular formula is C10H13NO3. The summed E-state index contributed by atoms with van der Waals surface area (Å²) in [4.78, 5) is 0. The molecule has 0 saturated heterocycles. The Morgan fingerprint density at radius 3 is 2.57 bits per heavy atom. The second kappa shape index (κ2) is 3.38. The maximum atomic E-state index is 5.81. The molecule has 2 N–H and O–H groups in total. The lowest BCUT2D eigenvalue weighted by molar-refractivity contribution is 0.174. The molecule has 76 valence electrons. The molecule has 0 aliphatic carbocycles. The molecule has 0 bridgehead atoms. The average Bonchev–Trinajstić information content (AvgIpc) is 2.62. The highest BCUT2D eigenvalue weighted by molar-refractivity contribution is 5.52. The summed E-state index contributed by atoms with van der Waals surface area (Å²) >= 11 is 0. The number of hydrogen-bond acceptors (Lipinski definition) is 4. The minimum Gasteiger partial charge on any atom is -0.496 e. The Balaban J connectivity index is 2.49. The number of nitrogens with two attached hydrogens (primary N) is 1. The molecule has 4 nitrogen and oxygen atoms in total. The first kappa shape index (κ1) is 9.15. The maximum Gasteiger partial charge on any atom is 0.231 e. The predicted octanol–water partition coefficient (Wildman–Crippen LogP) is 1.44. The largest absolute Gasteiger partial charge is 0.496 e. The minimum absolute atomic E-state index is 0.0838. The lowest BCUT2D eigenvalue weighted by Gasteiger charge is -2.12. The Morgan fingerprint density at radius 1 is 1.36 bits per heavy atom. The molecule has 0 fully saturated rings. The summed E-state index contributed by atoms with van der Waals surface area (Å²) < 4.78 is 15.7. The number of rotatable bonds is 2. The second-order valence-electron chi connectivity index (χ2n) is 3.24. The van der Waals surface area contributed by atoms with Crippen LogP contribution >= 0.6 is 0 Å². The molecular weight excluding hydrogens is 182 g/mol. The molecule has 1 aromatic rings. The zero-order valence-electron chi connectivity index (χ0n) is 8.24. The van der Waals surface area contributed by atoms with Crippen LogP contribution in [-0.2, 0) is 0 Å². The molecule has 1 aliphatic rings.